The Labute approximate surface area is 201 Å². The standard InChI is InChI=1S/C28H33N3O3/c1-21-8-6-9-22(18-21)20-31-17-7-10-25(28(31)33)27(32)29-19-26(30-15-4-3-5-16-30)23-11-13-24(34-2)14-12-23/h6-14,17-18,26H,3-5,15-16,19-20H2,1-2H3,(H,29,32). The number of benzene rings is 2. The van der Waals surface area contributed by atoms with Gasteiger partial charge in [0.2, 0.25) is 0 Å². The van der Waals surface area contributed by atoms with Crippen molar-refractivity contribution in [3.05, 3.63) is 99.5 Å². The summed E-state index contributed by atoms with van der Waals surface area (Å²) in [5.41, 5.74) is 3.20. The van der Waals surface area contributed by atoms with Crippen LogP contribution in [0.25, 0.3) is 0 Å². The number of rotatable bonds is 8. The molecule has 0 bridgehead atoms. The van der Waals surface area contributed by atoms with Crippen LogP contribution in [-0.2, 0) is 6.54 Å². The molecule has 178 valence electrons. The van der Waals surface area contributed by atoms with Crippen molar-refractivity contribution in [2.75, 3.05) is 26.7 Å². The molecule has 1 saturated heterocycles. The van der Waals surface area contributed by atoms with Crippen LogP contribution >= 0.6 is 0 Å². The fraction of sp³-hybridized carbons (Fsp3) is 0.357. The third-order valence-electron chi connectivity index (χ3n) is 6.49. The molecule has 0 saturated carbocycles. The van der Waals surface area contributed by atoms with Gasteiger partial charge in [-0.2, -0.15) is 0 Å². The summed E-state index contributed by atoms with van der Waals surface area (Å²) in [7, 11) is 1.66. The zero-order valence-corrected chi connectivity index (χ0v) is 20.0. The van der Waals surface area contributed by atoms with Crippen molar-refractivity contribution >= 4 is 5.91 Å². The lowest BCUT2D eigenvalue weighted by atomic mass is 10.0. The number of likely N-dealkylation sites (tertiary alicyclic amines) is 1. The second-order valence-corrected chi connectivity index (χ2v) is 8.94. The molecule has 1 fully saturated rings. The highest BCUT2D eigenvalue weighted by molar-refractivity contribution is 5.93. The van der Waals surface area contributed by atoms with E-state index in [0.717, 1.165) is 48.4 Å². The first kappa shape index (κ1) is 23.8. The summed E-state index contributed by atoms with van der Waals surface area (Å²) >= 11 is 0. The molecule has 4 rings (SSSR count). The number of piperidine rings is 1. The first-order valence-corrected chi connectivity index (χ1v) is 12.0. The van der Waals surface area contributed by atoms with Crippen molar-refractivity contribution in [1.82, 2.24) is 14.8 Å². The van der Waals surface area contributed by atoms with E-state index < -0.39 is 0 Å². The smallest absolute Gasteiger partial charge is 0.263 e. The molecule has 0 aliphatic carbocycles. The summed E-state index contributed by atoms with van der Waals surface area (Å²) in [5, 5.41) is 3.04. The van der Waals surface area contributed by atoms with E-state index in [4.69, 9.17) is 4.74 Å². The Balaban J connectivity index is 1.50. The highest BCUT2D eigenvalue weighted by Gasteiger charge is 2.24. The average Bonchev–Trinajstić information content (AvgIpc) is 2.86. The van der Waals surface area contributed by atoms with Crippen LogP contribution in [0.5, 0.6) is 5.75 Å². The van der Waals surface area contributed by atoms with Gasteiger partial charge >= 0.3 is 0 Å². The lowest BCUT2D eigenvalue weighted by molar-refractivity contribution is 0.0922. The van der Waals surface area contributed by atoms with Crippen molar-refractivity contribution in [1.29, 1.82) is 0 Å². The summed E-state index contributed by atoms with van der Waals surface area (Å²) in [6.07, 6.45) is 5.28. The van der Waals surface area contributed by atoms with E-state index in [0.29, 0.717) is 13.1 Å². The largest absolute Gasteiger partial charge is 0.497 e. The molecular weight excluding hydrogens is 426 g/mol. The van der Waals surface area contributed by atoms with Gasteiger partial charge in [-0.25, -0.2) is 0 Å². The normalized spacial score (nSPS) is 15.0. The van der Waals surface area contributed by atoms with E-state index in [1.807, 2.05) is 37.3 Å². The minimum absolute atomic E-state index is 0.0494. The Kier molecular flexibility index (Phi) is 7.80. The van der Waals surface area contributed by atoms with Crippen LogP contribution in [0.15, 0.2) is 71.7 Å². The van der Waals surface area contributed by atoms with Crippen molar-refractivity contribution in [2.45, 2.75) is 38.8 Å². The average molecular weight is 460 g/mol. The molecule has 1 unspecified atom stereocenters. The summed E-state index contributed by atoms with van der Waals surface area (Å²) in [5.74, 6) is 0.475. The minimum Gasteiger partial charge on any atom is -0.497 e. The number of aromatic nitrogens is 1. The molecule has 3 aromatic rings. The van der Waals surface area contributed by atoms with E-state index in [-0.39, 0.29) is 23.1 Å². The maximum absolute atomic E-state index is 13.1. The van der Waals surface area contributed by atoms with Crippen LogP contribution in [0.2, 0.25) is 0 Å². The summed E-state index contributed by atoms with van der Waals surface area (Å²) in [4.78, 5) is 28.6. The second-order valence-electron chi connectivity index (χ2n) is 8.94. The van der Waals surface area contributed by atoms with E-state index in [9.17, 15) is 9.59 Å². The van der Waals surface area contributed by atoms with Gasteiger partial charge < -0.3 is 14.6 Å². The minimum atomic E-state index is -0.334. The van der Waals surface area contributed by atoms with Gasteiger partial charge in [-0.05, 0) is 68.2 Å². The van der Waals surface area contributed by atoms with Crippen molar-refractivity contribution in [3.8, 4) is 5.75 Å². The number of hydrogen-bond acceptors (Lipinski definition) is 4. The molecule has 6 heteroatoms. The molecule has 6 nitrogen and oxygen atoms in total. The molecule has 0 spiro atoms. The number of nitrogens with zero attached hydrogens (tertiary/aromatic N) is 2. The van der Waals surface area contributed by atoms with Crippen LogP contribution < -0.4 is 15.6 Å². The Morgan fingerprint density at radius 3 is 2.50 bits per heavy atom. The van der Waals surface area contributed by atoms with Gasteiger partial charge in [-0.15, -0.1) is 0 Å². The molecule has 1 aromatic heterocycles. The zero-order valence-electron chi connectivity index (χ0n) is 20.0. The second kappa shape index (κ2) is 11.2. The number of pyridine rings is 1. The predicted octanol–water partition coefficient (Wildman–Crippen LogP) is 4.17. The van der Waals surface area contributed by atoms with E-state index >= 15 is 0 Å². The van der Waals surface area contributed by atoms with Crippen LogP contribution in [0.1, 0.15) is 52.4 Å². The number of ether oxygens (including phenoxy) is 1. The Morgan fingerprint density at radius 1 is 1.03 bits per heavy atom. The highest BCUT2D eigenvalue weighted by atomic mass is 16.5. The summed E-state index contributed by atoms with van der Waals surface area (Å²) < 4.78 is 6.90. The quantitative estimate of drug-likeness (QED) is 0.549. The molecule has 34 heavy (non-hydrogen) atoms. The van der Waals surface area contributed by atoms with Gasteiger partial charge in [0.15, 0.2) is 0 Å². The van der Waals surface area contributed by atoms with Crippen LogP contribution in [0.3, 0.4) is 0 Å². The number of hydrogen-bond donors (Lipinski definition) is 1. The maximum atomic E-state index is 13.1. The van der Waals surface area contributed by atoms with E-state index in [2.05, 4.69) is 28.4 Å². The monoisotopic (exact) mass is 459 g/mol. The fourth-order valence-electron chi connectivity index (χ4n) is 4.64. The zero-order chi connectivity index (χ0) is 23.9. The molecule has 1 atom stereocenters. The molecule has 2 aromatic carbocycles. The number of amides is 1. The van der Waals surface area contributed by atoms with E-state index in [1.54, 1.807) is 30.0 Å². The number of aryl methyl sites for hydroxylation is 1. The van der Waals surface area contributed by atoms with Crippen molar-refractivity contribution in [2.24, 2.45) is 0 Å². The van der Waals surface area contributed by atoms with Gasteiger partial charge in [-0.3, -0.25) is 14.5 Å². The number of nitrogens with one attached hydrogen (secondary N) is 1. The Morgan fingerprint density at radius 2 is 1.79 bits per heavy atom. The number of methoxy groups -OCH3 is 1. The van der Waals surface area contributed by atoms with Gasteiger partial charge in [0.1, 0.15) is 11.3 Å². The molecule has 1 amide bonds. The fourth-order valence-corrected chi connectivity index (χ4v) is 4.64. The summed E-state index contributed by atoms with van der Waals surface area (Å²) in [6, 6.07) is 19.5. The number of carbonyl (C=O) groups excluding carboxylic acids is 1. The van der Waals surface area contributed by atoms with Crippen LogP contribution in [0, 0.1) is 6.92 Å². The highest BCUT2D eigenvalue weighted by Crippen LogP contribution is 2.26. The molecule has 0 radical (unpaired) electrons. The van der Waals surface area contributed by atoms with Gasteiger partial charge in [0, 0.05) is 12.7 Å². The number of carbonyl (C=O) groups is 1. The first-order valence-electron chi connectivity index (χ1n) is 12.0. The lowest BCUT2D eigenvalue weighted by Gasteiger charge is -2.35. The molecule has 1 aliphatic rings. The van der Waals surface area contributed by atoms with Gasteiger partial charge in [0.05, 0.1) is 19.7 Å². The maximum Gasteiger partial charge on any atom is 0.263 e. The SMILES string of the molecule is COc1ccc(C(CNC(=O)c2cccn(Cc3cccc(C)c3)c2=O)N2CCCCC2)cc1. The van der Waals surface area contributed by atoms with Crippen LogP contribution in [-0.4, -0.2) is 42.1 Å². The lowest BCUT2D eigenvalue weighted by Crippen LogP contribution is -2.42. The van der Waals surface area contributed by atoms with Gasteiger partial charge in [-0.1, -0.05) is 48.4 Å². The first-order chi connectivity index (χ1) is 16.5. The third kappa shape index (κ3) is 5.75. The summed E-state index contributed by atoms with van der Waals surface area (Å²) in [6.45, 7) is 4.90. The topological polar surface area (TPSA) is 63.6 Å². The van der Waals surface area contributed by atoms with E-state index in [1.165, 1.54) is 6.42 Å². The van der Waals surface area contributed by atoms with Gasteiger partial charge in [0.25, 0.3) is 11.5 Å². The molecule has 1 N–H and O–H groups in total. The Hall–Kier alpha value is -3.38. The Bertz CT molecular complexity index is 1160. The molecular formula is C28H33N3O3. The van der Waals surface area contributed by atoms with Crippen molar-refractivity contribution in [3.63, 3.8) is 0 Å². The van der Waals surface area contributed by atoms with Crippen LogP contribution in [0.4, 0.5) is 0 Å². The predicted molar refractivity (Wildman–Crippen MR) is 134 cm³/mol. The molecule has 1 aliphatic heterocycles. The van der Waals surface area contributed by atoms with Crippen molar-refractivity contribution < 1.29 is 9.53 Å². The molecule has 2 heterocycles. The third-order valence-corrected chi connectivity index (χ3v) is 6.49.